The van der Waals surface area contributed by atoms with Gasteiger partial charge in [-0.05, 0) is 29.3 Å². The Labute approximate surface area is 151 Å². The summed E-state index contributed by atoms with van der Waals surface area (Å²) in [5, 5.41) is 14.6. The lowest BCUT2D eigenvalue weighted by molar-refractivity contribution is -0.385. The van der Waals surface area contributed by atoms with Crippen LogP contribution in [0, 0.1) is 10.1 Å². The number of hydrogen-bond acceptors (Lipinski definition) is 5. The molecular formula is C20H18N4O2. The summed E-state index contributed by atoms with van der Waals surface area (Å²) in [5.74, 6) is 0.952. The molecule has 3 aromatic rings. The molecule has 0 bridgehead atoms. The smallest absolute Gasteiger partial charge is 0.274 e. The molecule has 0 radical (unpaired) electrons. The Hall–Kier alpha value is -3.41. The van der Waals surface area contributed by atoms with Crippen molar-refractivity contribution in [2.75, 3.05) is 10.2 Å². The average Bonchev–Trinajstić information content (AvgIpc) is 3.12. The van der Waals surface area contributed by atoms with Gasteiger partial charge in [0.1, 0.15) is 5.82 Å². The molecule has 0 saturated carbocycles. The highest BCUT2D eigenvalue weighted by molar-refractivity contribution is 5.61. The van der Waals surface area contributed by atoms with Crippen molar-refractivity contribution < 1.29 is 4.92 Å². The molecule has 1 aromatic heterocycles. The van der Waals surface area contributed by atoms with Crippen LogP contribution in [-0.2, 0) is 19.6 Å². The Morgan fingerprint density at radius 3 is 2.69 bits per heavy atom. The Bertz CT molecular complexity index is 944. The minimum atomic E-state index is -0.338. The number of pyridine rings is 1. The van der Waals surface area contributed by atoms with Gasteiger partial charge in [-0.15, -0.1) is 0 Å². The molecule has 0 fully saturated rings. The average molecular weight is 346 g/mol. The standard InChI is InChI=1S/C20H18N4O2/c25-24(26)19-9-2-1-6-15(19)12-22-18-8-5-7-16-13-23(14-17(16)18)20-10-3-4-11-21-20/h1-11,22H,12-14H2. The fraction of sp³-hybridized carbons (Fsp3) is 0.150. The summed E-state index contributed by atoms with van der Waals surface area (Å²) in [7, 11) is 0. The Balaban J connectivity index is 1.54. The van der Waals surface area contributed by atoms with Crippen molar-refractivity contribution in [1.29, 1.82) is 0 Å². The van der Waals surface area contributed by atoms with E-state index in [-0.39, 0.29) is 10.6 Å². The minimum absolute atomic E-state index is 0.141. The predicted molar refractivity (Wildman–Crippen MR) is 101 cm³/mol. The molecule has 2 aromatic carbocycles. The van der Waals surface area contributed by atoms with E-state index >= 15 is 0 Å². The summed E-state index contributed by atoms with van der Waals surface area (Å²) in [6.07, 6.45) is 1.80. The van der Waals surface area contributed by atoms with Gasteiger partial charge in [0.25, 0.3) is 5.69 Å². The number of para-hydroxylation sites is 1. The van der Waals surface area contributed by atoms with E-state index in [0.717, 1.165) is 24.6 Å². The van der Waals surface area contributed by atoms with E-state index in [1.54, 1.807) is 18.3 Å². The van der Waals surface area contributed by atoms with Crippen LogP contribution in [0.3, 0.4) is 0 Å². The Morgan fingerprint density at radius 1 is 1.04 bits per heavy atom. The second-order valence-electron chi connectivity index (χ2n) is 6.23. The van der Waals surface area contributed by atoms with Crippen LogP contribution in [0.1, 0.15) is 16.7 Å². The molecule has 130 valence electrons. The van der Waals surface area contributed by atoms with Crippen molar-refractivity contribution in [3.63, 3.8) is 0 Å². The molecule has 0 atom stereocenters. The lowest BCUT2D eigenvalue weighted by Crippen LogP contribution is -2.15. The summed E-state index contributed by atoms with van der Waals surface area (Å²) in [6.45, 7) is 2.00. The first kappa shape index (κ1) is 16.1. The monoisotopic (exact) mass is 346 g/mol. The number of nitro benzene ring substituents is 1. The molecule has 0 unspecified atom stereocenters. The summed E-state index contributed by atoms with van der Waals surface area (Å²) in [4.78, 5) is 17.5. The number of rotatable bonds is 5. The van der Waals surface area contributed by atoms with Gasteiger partial charge in [0, 0.05) is 43.1 Å². The molecule has 26 heavy (non-hydrogen) atoms. The predicted octanol–water partition coefficient (Wildman–Crippen LogP) is 4.12. The van der Waals surface area contributed by atoms with Crippen molar-refractivity contribution in [1.82, 2.24) is 4.98 Å². The second-order valence-corrected chi connectivity index (χ2v) is 6.23. The van der Waals surface area contributed by atoms with Gasteiger partial charge < -0.3 is 10.2 Å². The third kappa shape index (κ3) is 3.09. The molecule has 0 spiro atoms. The molecule has 1 N–H and O–H groups in total. The zero-order valence-corrected chi connectivity index (χ0v) is 14.1. The minimum Gasteiger partial charge on any atom is -0.380 e. The summed E-state index contributed by atoms with van der Waals surface area (Å²) in [5.41, 5.74) is 4.30. The fourth-order valence-corrected chi connectivity index (χ4v) is 3.32. The van der Waals surface area contributed by atoms with Gasteiger partial charge in [-0.1, -0.05) is 36.4 Å². The first-order valence-electron chi connectivity index (χ1n) is 8.45. The van der Waals surface area contributed by atoms with Crippen LogP contribution in [0.5, 0.6) is 0 Å². The summed E-state index contributed by atoms with van der Waals surface area (Å²) < 4.78 is 0. The fourth-order valence-electron chi connectivity index (χ4n) is 3.32. The summed E-state index contributed by atoms with van der Waals surface area (Å²) >= 11 is 0. The van der Waals surface area contributed by atoms with Gasteiger partial charge in [0.05, 0.1) is 4.92 Å². The van der Waals surface area contributed by atoms with E-state index in [9.17, 15) is 10.1 Å². The lowest BCUT2D eigenvalue weighted by atomic mass is 10.1. The van der Waals surface area contributed by atoms with E-state index < -0.39 is 0 Å². The van der Waals surface area contributed by atoms with Crippen molar-refractivity contribution in [2.45, 2.75) is 19.6 Å². The van der Waals surface area contributed by atoms with E-state index in [0.29, 0.717) is 12.1 Å². The number of hydrogen-bond donors (Lipinski definition) is 1. The first-order chi connectivity index (χ1) is 12.7. The van der Waals surface area contributed by atoms with Crippen LogP contribution in [0.2, 0.25) is 0 Å². The van der Waals surface area contributed by atoms with Gasteiger partial charge in [-0.25, -0.2) is 4.98 Å². The highest BCUT2D eigenvalue weighted by atomic mass is 16.6. The molecular weight excluding hydrogens is 328 g/mol. The third-order valence-electron chi connectivity index (χ3n) is 4.61. The Kier molecular flexibility index (Phi) is 4.23. The number of nitrogens with zero attached hydrogens (tertiary/aromatic N) is 3. The zero-order valence-electron chi connectivity index (χ0n) is 14.1. The van der Waals surface area contributed by atoms with Gasteiger partial charge in [0.2, 0.25) is 0 Å². The third-order valence-corrected chi connectivity index (χ3v) is 4.61. The topological polar surface area (TPSA) is 71.3 Å². The van der Waals surface area contributed by atoms with Crippen LogP contribution in [0.15, 0.2) is 66.9 Å². The molecule has 6 nitrogen and oxygen atoms in total. The number of aromatic nitrogens is 1. The van der Waals surface area contributed by atoms with Crippen molar-refractivity contribution >= 4 is 17.2 Å². The van der Waals surface area contributed by atoms with E-state index in [2.05, 4.69) is 21.3 Å². The largest absolute Gasteiger partial charge is 0.380 e. The lowest BCUT2D eigenvalue weighted by Gasteiger charge is -2.16. The molecule has 0 aliphatic carbocycles. The van der Waals surface area contributed by atoms with Crippen molar-refractivity contribution in [2.24, 2.45) is 0 Å². The van der Waals surface area contributed by atoms with Gasteiger partial charge in [0.15, 0.2) is 0 Å². The maximum Gasteiger partial charge on any atom is 0.274 e. The molecule has 4 rings (SSSR count). The van der Waals surface area contributed by atoms with Crippen LogP contribution in [-0.4, -0.2) is 9.91 Å². The maximum atomic E-state index is 11.2. The molecule has 1 aliphatic heterocycles. The highest BCUT2D eigenvalue weighted by Crippen LogP contribution is 2.32. The molecule has 2 heterocycles. The number of nitrogens with one attached hydrogen (secondary N) is 1. The summed E-state index contributed by atoms with van der Waals surface area (Å²) in [6, 6.07) is 18.9. The van der Waals surface area contributed by atoms with E-state index in [1.165, 1.54) is 17.2 Å². The van der Waals surface area contributed by atoms with Gasteiger partial charge in [-0.2, -0.15) is 0 Å². The number of nitro groups is 1. The number of benzene rings is 2. The van der Waals surface area contributed by atoms with Crippen LogP contribution in [0.25, 0.3) is 0 Å². The van der Waals surface area contributed by atoms with E-state index in [4.69, 9.17) is 0 Å². The number of fused-ring (bicyclic) bond motifs is 1. The van der Waals surface area contributed by atoms with Gasteiger partial charge >= 0.3 is 0 Å². The van der Waals surface area contributed by atoms with E-state index in [1.807, 2.05) is 36.4 Å². The SMILES string of the molecule is O=[N+]([O-])c1ccccc1CNc1cccc2c1CN(c1ccccn1)C2. The first-order valence-corrected chi connectivity index (χ1v) is 8.45. The maximum absolute atomic E-state index is 11.2. The van der Waals surface area contributed by atoms with Crippen LogP contribution < -0.4 is 10.2 Å². The van der Waals surface area contributed by atoms with Crippen molar-refractivity contribution in [3.8, 4) is 0 Å². The van der Waals surface area contributed by atoms with Crippen molar-refractivity contribution in [3.05, 3.63) is 93.7 Å². The Morgan fingerprint density at radius 2 is 1.88 bits per heavy atom. The normalized spacial score (nSPS) is 12.7. The molecule has 0 amide bonds. The number of anilines is 2. The molecule has 6 heteroatoms. The second kappa shape index (κ2) is 6.84. The van der Waals surface area contributed by atoms with Gasteiger partial charge in [-0.3, -0.25) is 10.1 Å². The molecule has 1 aliphatic rings. The van der Waals surface area contributed by atoms with Crippen LogP contribution in [0.4, 0.5) is 17.2 Å². The highest BCUT2D eigenvalue weighted by Gasteiger charge is 2.22. The molecule has 0 saturated heterocycles. The van der Waals surface area contributed by atoms with Crippen LogP contribution >= 0.6 is 0 Å². The zero-order chi connectivity index (χ0) is 17.9. The quantitative estimate of drug-likeness (QED) is 0.556.